The molecule has 2 aromatic carbocycles. The van der Waals surface area contributed by atoms with E-state index < -0.39 is 22.0 Å². The average Bonchev–Trinajstić information content (AvgIpc) is 2.63. The third kappa shape index (κ3) is 5.47. The molecule has 0 bridgehead atoms. The molecule has 146 valence electrons. The molecule has 6 nitrogen and oxygen atoms in total. The van der Waals surface area contributed by atoms with Gasteiger partial charge in [0, 0.05) is 4.90 Å². The van der Waals surface area contributed by atoms with E-state index in [9.17, 15) is 13.2 Å². The number of para-hydroxylation sites is 1. The second-order valence-corrected chi connectivity index (χ2v) is 8.45. The molecule has 8 heteroatoms. The fourth-order valence-corrected chi connectivity index (χ4v) is 4.29. The van der Waals surface area contributed by atoms with Gasteiger partial charge in [-0.05, 0) is 62.9 Å². The van der Waals surface area contributed by atoms with Crippen molar-refractivity contribution in [1.82, 2.24) is 4.72 Å². The summed E-state index contributed by atoms with van der Waals surface area (Å²) in [5.41, 5.74) is 1.36. The Morgan fingerprint density at radius 1 is 1.22 bits per heavy atom. The van der Waals surface area contributed by atoms with Gasteiger partial charge in [0.15, 0.2) is 0 Å². The van der Waals surface area contributed by atoms with Crippen molar-refractivity contribution < 1.29 is 17.9 Å². The van der Waals surface area contributed by atoms with E-state index in [2.05, 4.69) is 10.0 Å². The summed E-state index contributed by atoms with van der Waals surface area (Å²) in [6.07, 6.45) is 1.91. The monoisotopic (exact) mass is 408 g/mol. The molecule has 2 N–H and O–H groups in total. The number of amides is 1. The van der Waals surface area contributed by atoms with Crippen LogP contribution in [0.4, 0.5) is 5.69 Å². The largest absolute Gasteiger partial charge is 0.494 e. The molecule has 0 spiro atoms. The fraction of sp³-hybridized carbons (Fsp3) is 0.316. The van der Waals surface area contributed by atoms with Crippen molar-refractivity contribution in [3.05, 3.63) is 48.0 Å². The van der Waals surface area contributed by atoms with Crippen LogP contribution in [0.25, 0.3) is 0 Å². The smallest absolute Gasteiger partial charge is 0.242 e. The topological polar surface area (TPSA) is 84.5 Å². The molecule has 2 aromatic rings. The first-order valence-electron chi connectivity index (χ1n) is 8.48. The van der Waals surface area contributed by atoms with Crippen molar-refractivity contribution in [2.75, 3.05) is 18.2 Å². The van der Waals surface area contributed by atoms with Crippen LogP contribution in [0.1, 0.15) is 19.4 Å². The lowest BCUT2D eigenvalue weighted by Crippen LogP contribution is -2.41. The molecular formula is C19H24N2O4S2. The summed E-state index contributed by atoms with van der Waals surface area (Å²) in [5.74, 6) is 0.207. The third-order valence-corrected chi connectivity index (χ3v) is 6.18. The van der Waals surface area contributed by atoms with Crippen LogP contribution < -0.4 is 14.8 Å². The molecule has 0 aliphatic carbocycles. The molecule has 27 heavy (non-hydrogen) atoms. The number of rotatable bonds is 8. The van der Waals surface area contributed by atoms with Crippen molar-refractivity contribution in [2.24, 2.45) is 0 Å². The highest BCUT2D eigenvalue weighted by Gasteiger charge is 2.23. The minimum Gasteiger partial charge on any atom is -0.494 e. The van der Waals surface area contributed by atoms with Crippen molar-refractivity contribution >= 4 is 33.4 Å². The quantitative estimate of drug-likeness (QED) is 0.654. The summed E-state index contributed by atoms with van der Waals surface area (Å²) in [5, 5.41) is 2.77. The van der Waals surface area contributed by atoms with Gasteiger partial charge in [-0.1, -0.05) is 12.1 Å². The fourth-order valence-electron chi connectivity index (χ4n) is 2.45. The van der Waals surface area contributed by atoms with Crippen LogP contribution in [-0.4, -0.2) is 33.2 Å². The van der Waals surface area contributed by atoms with E-state index in [4.69, 9.17) is 4.74 Å². The van der Waals surface area contributed by atoms with Gasteiger partial charge in [-0.25, -0.2) is 8.42 Å². The number of hydrogen-bond acceptors (Lipinski definition) is 5. The van der Waals surface area contributed by atoms with Gasteiger partial charge in [0.2, 0.25) is 15.9 Å². The lowest BCUT2D eigenvalue weighted by molar-refractivity contribution is -0.117. The van der Waals surface area contributed by atoms with Gasteiger partial charge in [0.05, 0.1) is 23.2 Å². The lowest BCUT2D eigenvalue weighted by Gasteiger charge is -2.16. The number of carbonyl (C=O) groups excluding carboxylic acids is 1. The summed E-state index contributed by atoms with van der Waals surface area (Å²) >= 11 is 1.50. The van der Waals surface area contributed by atoms with Crippen LogP contribution in [0.3, 0.4) is 0 Å². The highest BCUT2D eigenvalue weighted by atomic mass is 32.2. The first-order chi connectivity index (χ1) is 12.8. The third-order valence-electron chi connectivity index (χ3n) is 3.85. The molecular weight excluding hydrogens is 384 g/mol. The van der Waals surface area contributed by atoms with Gasteiger partial charge in [-0.2, -0.15) is 4.72 Å². The molecule has 0 heterocycles. The molecule has 1 amide bonds. The molecule has 0 saturated heterocycles. The van der Waals surface area contributed by atoms with E-state index >= 15 is 0 Å². The predicted octanol–water partition coefficient (Wildman–Crippen LogP) is 3.42. The Labute approximate surface area is 164 Å². The second-order valence-electron chi connectivity index (χ2n) is 5.89. The maximum Gasteiger partial charge on any atom is 0.242 e. The minimum absolute atomic E-state index is 0.0904. The van der Waals surface area contributed by atoms with Gasteiger partial charge in [0.1, 0.15) is 5.75 Å². The number of sulfonamides is 1. The molecule has 2 rings (SSSR count). The summed E-state index contributed by atoms with van der Waals surface area (Å²) in [6.45, 7) is 5.65. The zero-order valence-electron chi connectivity index (χ0n) is 15.8. The van der Waals surface area contributed by atoms with E-state index in [0.717, 1.165) is 4.90 Å². The van der Waals surface area contributed by atoms with Gasteiger partial charge in [-0.15, -0.1) is 11.8 Å². The predicted molar refractivity (Wildman–Crippen MR) is 109 cm³/mol. The molecule has 1 atom stereocenters. The van der Waals surface area contributed by atoms with Crippen molar-refractivity contribution in [3.8, 4) is 5.75 Å². The Balaban J connectivity index is 2.12. The van der Waals surface area contributed by atoms with Crippen LogP contribution in [0.15, 0.2) is 52.3 Å². The number of thioether (sulfide) groups is 1. The second kappa shape index (κ2) is 9.25. The number of anilines is 1. The van der Waals surface area contributed by atoms with E-state index in [1.165, 1.54) is 30.8 Å². The molecule has 0 radical (unpaired) electrons. The van der Waals surface area contributed by atoms with Gasteiger partial charge < -0.3 is 10.1 Å². The van der Waals surface area contributed by atoms with Crippen LogP contribution in [0.5, 0.6) is 5.75 Å². The highest BCUT2D eigenvalue weighted by Crippen LogP contribution is 2.25. The molecule has 0 fully saturated rings. The minimum atomic E-state index is -3.84. The Kier molecular flexibility index (Phi) is 7.29. The van der Waals surface area contributed by atoms with Crippen LogP contribution >= 0.6 is 11.8 Å². The van der Waals surface area contributed by atoms with E-state index in [0.29, 0.717) is 23.6 Å². The van der Waals surface area contributed by atoms with Crippen LogP contribution in [-0.2, 0) is 14.8 Å². The highest BCUT2D eigenvalue weighted by molar-refractivity contribution is 7.98. The maximum absolute atomic E-state index is 12.6. The van der Waals surface area contributed by atoms with Gasteiger partial charge in [-0.3, -0.25) is 4.79 Å². The number of aryl methyl sites for hydroxylation is 1. The van der Waals surface area contributed by atoms with Crippen molar-refractivity contribution in [2.45, 2.75) is 36.6 Å². The molecule has 0 unspecified atom stereocenters. The molecule has 0 aliphatic rings. The van der Waals surface area contributed by atoms with E-state index in [1.54, 1.807) is 19.1 Å². The maximum atomic E-state index is 12.6. The van der Waals surface area contributed by atoms with Crippen LogP contribution in [0.2, 0.25) is 0 Å². The Hall–Kier alpha value is -2.03. The zero-order chi connectivity index (χ0) is 20.0. The molecule has 0 saturated carbocycles. The normalized spacial score (nSPS) is 12.4. The number of carbonyl (C=O) groups is 1. The number of ether oxygens (including phenoxy) is 1. The van der Waals surface area contributed by atoms with Crippen molar-refractivity contribution in [1.29, 1.82) is 0 Å². The zero-order valence-corrected chi connectivity index (χ0v) is 17.4. The molecule has 0 aromatic heterocycles. The van der Waals surface area contributed by atoms with E-state index in [-0.39, 0.29) is 4.90 Å². The first-order valence-corrected chi connectivity index (χ1v) is 11.2. The van der Waals surface area contributed by atoms with Crippen LogP contribution in [0, 0.1) is 6.92 Å². The molecule has 0 aliphatic heterocycles. The Bertz CT molecular complexity index is 914. The standard InChI is InChI=1S/C19H24N2O4S2/c1-5-25-17-11-10-15(12-13(17)2)27(23,24)21-14(3)19(22)20-16-8-6-7-9-18(16)26-4/h6-12,14,21H,5H2,1-4H3,(H,20,22)/t14-/m1/s1. The van der Waals surface area contributed by atoms with E-state index in [1.807, 2.05) is 31.4 Å². The first kappa shape index (κ1) is 21.3. The number of nitrogens with one attached hydrogen (secondary N) is 2. The van der Waals surface area contributed by atoms with Crippen molar-refractivity contribution in [3.63, 3.8) is 0 Å². The summed E-state index contributed by atoms with van der Waals surface area (Å²) in [7, 11) is -3.84. The van der Waals surface area contributed by atoms with Gasteiger partial charge in [0.25, 0.3) is 0 Å². The number of hydrogen-bond donors (Lipinski definition) is 2. The summed E-state index contributed by atoms with van der Waals surface area (Å²) < 4.78 is 33.1. The Morgan fingerprint density at radius 2 is 1.93 bits per heavy atom. The van der Waals surface area contributed by atoms with Gasteiger partial charge >= 0.3 is 0 Å². The Morgan fingerprint density at radius 3 is 2.56 bits per heavy atom. The summed E-state index contributed by atoms with van der Waals surface area (Å²) in [4.78, 5) is 13.4. The summed E-state index contributed by atoms with van der Waals surface area (Å²) in [6, 6.07) is 11.0. The lowest BCUT2D eigenvalue weighted by atomic mass is 10.2. The SMILES string of the molecule is CCOc1ccc(S(=O)(=O)N[C@H](C)C(=O)Nc2ccccc2SC)cc1C. The average molecular weight is 409 g/mol. The number of benzene rings is 2.